The molecule has 112 valence electrons. The molecule has 1 aromatic carbocycles. The summed E-state index contributed by atoms with van der Waals surface area (Å²) in [5.74, 6) is 1.53. The summed E-state index contributed by atoms with van der Waals surface area (Å²) < 4.78 is 12.4. The molecule has 1 aromatic rings. The molecule has 0 aromatic heterocycles. The van der Waals surface area contributed by atoms with E-state index in [0.717, 1.165) is 40.8 Å². The minimum atomic E-state index is 0.487. The van der Waals surface area contributed by atoms with Crippen LogP contribution in [0.15, 0.2) is 29.3 Å². The van der Waals surface area contributed by atoms with Crippen molar-refractivity contribution in [1.82, 2.24) is 0 Å². The van der Waals surface area contributed by atoms with Crippen LogP contribution in [0.4, 0.5) is 0 Å². The van der Waals surface area contributed by atoms with Crippen LogP contribution in [0.5, 0.6) is 11.5 Å². The highest BCUT2D eigenvalue weighted by molar-refractivity contribution is 9.10. The van der Waals surface area contributed by atoms with Crippen LogP contribution in [0.1, 0.15) is 38.2 Å². The number of ether oxygens (including phenoxy) is 2. The van der Waals surface area contributed by atoms with E-state index in [9.17, 15) is 0 Å². The smallest absolute Gasteiger partial charge is 0.175 e. The number of halogens is 1. The topological polar surface area (TPSA) is 44.5 Å². The largest absolute Gasteiger partial charge is 0.490 e. The van der Waals surface area contributed by atoms with Crippen LogP contribution in [0, 0.1) is 0 Å². The third kappa shape index (κ3) is 5.55. The van der Waals surface area contributed by atoms with E-state index < -0.39 is 0 Å². The molecule has 3 nitrogen and oxygen atoms in total. The van der Waals surface area contributed by atoms with Gasteiger partial charge in [0.05, 0.1) is 17.7 Å². The van der Waals surface area contributed by atoms with Gasteiger partial charge in [-0.05, 0) is 66.2 Å². The molecule has 0 saturated carbocycles. The van der Waals surface area contributed by atoms with Gasteiger partial charge in [-0.25, -0.2) is 0 Å². The summed E-state index contributed by atoms with van der Waals surface area (Å²) in [7, 11) is 0. The highest BCUT2D eigenvalue weighted by Crippen LogP contribution is 2.37. The van der Waals surface area contributed by atoms with Gasteiger partial charge in [0.25, 0.3) is 0 Å². The monoisotopic (exact) mass is 341 g/mol. The molecule has 0 saturated heterocycles. The third-order valence-corrected chi connectivity index (χ3v) is 3.49. The average Bonchev–Trinajstić information content (AvgIpc) is 2.44. The van der Waals surface area contributed by atoms with Crippen molar-refractivity contribution in [2.45, 2.75) is 39.2 Å². The average molecular weight is 342 g/mol. The lowest BCUT2D eigenvalue weighted by atomic mass is 10.2. The summed E-state index contributed by atoms with van der Waals surface area (Å²) in [6.07, 6.45) is 6.37. The molecule has 0 radical (unpaired) electrons. The van der Waals surface area contributed by atoms with Gasteiger partial charge in [-0.1, -0.05) is 6.08 Å². The lowest BCUT2D eigenvalue weighted by Gasteiger charge is -2.15. The van der Waals surface area contributed by atoms with Crippen molar-refractivity contribution in [2.24, 2.45) is 5.73 Å². The zero-order chi connectivity index (χ0) is 14.8. The van der Waals surface area contributed by atoms with Crippen molar-refractivity contribution in [3.63, 3.8) is 0 Å². The molecule has 0 fully saturated rings. The van der Waals surface area contributed by atoms with Crippen LogP contribution in [0.2, 0.25) is 0 Å². The van der Waals surface area contributed by atoms with Crippen molar-refractivity contribution < 1.29 is 9.47 Å². The van der Waals surface area contributed by atoms with Crippen molar-refractivity contribution in [1.29, 1.82) is 0 Å². The highest BCUT2D eigenvalue weighted by Gasteiger charge is 2.11. The standard InChI is InChI=1S/C16H24BrNO2/c1-3-5-6-7-8-9-20-16-14(17)10-13(12-18)11-15(16)19-4-2/h3,10-11H,1,4-9,12,18H2,2H3. The predicted octanol–water partition coefficient (Wildman–Crippen LogP) is 4.43. The Morgan fingerprint density at radius 3 is 2.70 bits per heavy atom. The first-order valence-electron chi connectivity index (χ1n) is 7.11. The quantitative estimate of drug-likeness (QED) is 0.505. The second-order valence-electron chi connectivity index (χ2n) is 4.53. The van der Waals surface area contributed by atoms with Crippen molar-refractivity contribution in [3.05, 3.63) is 34.8 Å². The first-order valence-corrected chi connectivity index (χ1v) is 7.91. The van der Waals surface area contributed by atoms with E-state index in [4.69, 9.17) is 15.2 Å². The normalized spacial score (nSPS) is 10.3. The molecule has 0 atom stereocenters. The van der Waals surface area contributed by atoms with Gasteiger partial charge in [0.15, 0.2) is 11.5 Å². The number of allylic oxidation sites excluding steroid dienone is 1. The minimum absolute atomic E-state index is 0.487. The van der Waals surface area contributed by atoms with Gasteiger partial charge in [-0.15, -0.1) is 6.58 Å². The molecule has 0 amide bonds. The number of hydrogen-bond acceptors (Lipinski definition) is 3. The maximum absolute atomic E-state index is 5.86. The van der Waals surface area contributed by atoms with Crippen molar-refractivity contribution in [2.75, 3.05) is 13.2 Å². The van der Waals surface area contributed by atoms with Gasteiger partial charge in [0.2, 0.25) is 0 Å². The molecular weight excluding hydrogens is 318 g/mol. The van der Waals surface area contributed by atoms with Crippen LogP contribution in [-0.4, -0.2) is 13.2 Å². The van der Waals surface area contributed by atoms with Crippen LogP contribution in [0.3, 0.4) is 0 Å². The molecule has 0 aliphatic rings. The molecule has 4 heteroatoms. The molecule has 20 heavy (non-hydrogen) atoms. The SMILES string of the molecule is C=CCCCCCOc1c(Br)cc(CN)cc1OCC. The van der Waals surface area contributed by atoms with Gasteiger partial charge < -0.3 is 15.2 Å². The first kappa shape index (κ1) is 17.1. The number of rotatable bonds is 10. The molecule has 0 bridgehead atoms. The molecule has 0 unspecified atom stereocenters. The fourth-order valence-electron chi connectivity index (χ4n) is 1.88. The highest BCUT2D eigenvalue weighted by atomic mass is 79.9. The van der Waals surface area contributed by atoms with E-state index in [1.54, 1.807) is 0 Å². The number of nitrogens with two attached hydrogens (primary N) is 1. The predicted molar refractivity (Wildman–Crippen MR) is 87.4 cm³/mol. The fourth-order valence-corrected chi connectivity index (χ4v) is 2.49. The molecule has 1 rings (SSSR count). The molecule has 0 aliphatic carbocycles. The summed E-state index contributed by atoms with van der Waals surface area (Å²) in [6.45, 7) is 7.47. The number of hydrogen-bond donors (Lipinski definition) is 1. The summed E-state index contributed by atoms with van der Waals surface area (Å²) in [5.41, 5.74) is 6.70. The second-order valence-corrected chi connectivity index (χ2v) is 5.38. The Morgan fingerprint density at radius 1 is 1.25 bits per heavy atom. The molecular formula is C16H24BrNO2. The maximum atomic E-state index is 5.86. The molecule has 0 heterocycles. The summed E-state index contributed by atoms with van der Waals surface area (Å²) in [4.78, 5) is 0. The van der Waals surface area contributed by atoms with E-state index in [0.29, 0.717) is 19.8 Å². The molecule has 0 spiro atoms. The Kier molecular flexibility index (Phi) is 8.38. The summed E-state index contributed by atoms with van der Waals surface area (Å²) >= 11 is 3.53. The lowest BCUT2D eigenvalue weighted by Crippen LogP contribution is -2.04. The van der Waals surface area contributed by atoms with Crippen LogP contribution in [0.25, 0.3) is 0 Å². The van der Waals surface area contributed by atoms with Crippen LogP contribution in [-0.2, 0) is 6.54 Å². The maximum Gasteiger partial charge on any atom is 0.175 e. The van der Waals surface area contributed by atoms with Crippen molar-refractivity contribution in [3.8, 4) is 11.5 Å². The molecule has 2 N–H and O–H groups in total. The minimum Gasteiger partial charge on any atom is -0.490 e. The van der Waals surface area contributed by atoms with E-state index in [1.165, 1.54) is 6.42 Å². The third-order valence-electron chi connectivity index (χ3n) is 2.90. The van der Waals surface area contributed by atoms with E-state index in [2.05, 4.69) is 22.5 Å². The number of benzene rings is 1. The van der Waals surface area contributed by atoms with Crippen molar-refractivity contribution >= 4 is 15.9 Å². The fraction of sp³-hybridized carbons (Fsp3) is 0.500. The van der Waals surface area contributed by atoms with Gasteiger partial charge in [0.1, 0.15) is 0 Å². The van der Waals surface area contributed by atoms with Gasteiger partial charge >= 0.3 is 0 Å². The van der Waals surface area contributed by atoms with Gasteiger partial charge in [-0.2, -0.15) is 0 Å². The zero-order valence-corrected chi connectivity index (χ0v) is 13.7. The zero-order valence-electron chi connectivity index (χ0n) is 12.2. The van der Waals surface area contributed by atoms with Gasteiger partial charge in [-0.3, -0.25) is 0 Å². The summed E-state index contributed by atoms with van der Waals surface area (Å²) in [6, 6.07) is 3.93. The number of unbranched alkanes of at least 4 members (excludes halogenated alkanes) is 3. The molecule has 0 aliphatic heterocycles. The van der Waals surface area contributed by atoms with E-state index in [-0.39, 0.29) is 0 Å². The Hall–Kier alpha value is -1.00. The van der Waals surface area contributed by atoms with Gasteiger partial charge in [0, 0.05) is 6.54 Å². The Morgan fingerprint density at radius 2 is 2.05 bits per heavy atom. The Bertz CT molecular complexity index is 421. The van der Waals surface area contributed by atoms with Crippen LogP contribution < -0.4 is 15.2 Å². The van der Waals surface area contributed by atoms with Crippen LogP contribution >= 0.6 is 15.9 Å². The summed E-state index contributed by atoms with van der Waals surface area (Å²) in [5, 5.41) is 0. The second kappa shape index (κ2) is 9.83. The first-order chi connectivity index (χ1) is 9.72. The van der Waals surface area contributed by atoms with E-state index >= 15 is 0 Å². The van der Waals surface area contributed by atoms with E-state index in [1.807, 2.05) is 25.1 Å². The Labute approximate surface area is 130 Å². The Balaban J connectivity index is 2.60. The lowest BCUT2D eigenvalue weighted by molar-refractivity contribution is 0.269.